The van der Waals surface area contributed by atoms with Gasteiger partial charge in [0.15, 0.2) is 6.61 Å². The third kappa shape index (κ3) is 8.09. The number of halogens is 4. The first kappa shape index (κ1) is 27.2. The van der Waals surface area contributed by atoms with Crippen LogP contribution in [-0.4, -0.2) is 51.4 Å². The fraction of sp³-hybridized carbons (Fsp3) is 0.435. The van der Waals surface area contributed by atoms with Gasteiger partial charge >= 0.3 is 12.3 Å². The lowest BCUT2D eigenvalue weighted by Gasteiger charge is -2.39. The summed E-state index contributed by atoms with van der Waals surface area (Å²) in [6.45, 7) is 5.26. The van der Waals surface area contributed by atoms with Crippen LogP contribution in [0.15, 0.2) is 42.6 Å². The van der Waals surface area contributed by atoms with Gasteiger partial charge in [0.1, 0.15) is 11.8 Å². The van der Waals surface area contributed by atoms with Crippen LogP contribution in [0.2, 0.25) is 5.02 Å². The number of nitrogens with one attached hydrogen (secondary N) is 1. The number of carbonyl (C=O) groups is 2. The highest BCUT2D eigenvalue weighted by atomic mass is 35.5. The molecule has 0 aliphatic rings. The van der Waals surface area contributed by atoms with Crippen molar-refractivity contribution in [2.24, 2.45) is 0 Å². The third-order valence-corrected chi connectivity index (χ3v) is 5.10. The molecule has 2 atom stereocenters. The molecule has 34 heavy (non-hydrogen) atoms. The Kier molecular flexibility index (Phi) is 8.77. The van der Waals surface area contributed by atoms with Crippen molar-refractivity contribution in [3.05, 3.63) is 58.9 Å². The van der Waals surface area contributed by atoms with Crippen LogP contribution in [0.25, 0.3) is 0 Å². The second kappa shape index (κ2) is 10.9. The van der Waals surface area contributed by atoms with E-state index in [9.17, 15) is 27.9 Å². The van der Waals surface area contributed by atoms with E-state index in [1.54, 1.807) is 52.0 Å². The van der Waals surface area contributed by atoms with Crippen molar-refractivity contribution in [2.45, 2.75) is 57.9 Å². The second-order valence-corrected chi connectivity index (χ2v) is 9.16. The highest BCUT2D eigenvalue weighted by Crippen LogP contribution is 2.23. The Balaban J connectivity index is 2.21. The Hall–Kier alpha value is -3.01. The molecule has 0 fully saturated rings. The molecule has 0 bridgehead atoms. The molecule has 1 aromatic heterocycles. The molecule has 186 valence electrons. The summed E-state index contributed by atoms with van der Waals surface area (Å²) in [6, 6.07) is 7.80. The van der Waals surface area contributed by atoms with E-state index in [2.05, 4.69) is 15.0 Å². The molecule has 0 saturated heterocycles. The molecule has 11 heteroatoms. The molecule has 7 nitrogen and oxygen atoms in total. The zero-order valence-corrected chi connectivity index (χ0v) is 19.9. The van der Waals surface area contributed by atoms with Gasteiger partial charge < -0.3 is 15.2 Å². The van der Waals surface area contributed by atoms with Crippen molar-refractivity contribution in [3.8, 4) is 5.75 Å². The number of benzene rings is 1. The molecule has 0 spiro atoms. The average molecular weight is 502 g/mol. The number of carboxylic acid groups (broad SMARTS) is 1. The Morgan fingerprint density at radius 1 is 1.15 bits per heavy atom. The smallest absolute Gasteiger partial charge is 0.422 e. The van der Waals surface area contributed by atoms with Gasteiger partial charge in [-0.2, -0.15) is 13.2 Å². The maximum absolute atomic E-state index is 13.3. The van der Waals surface area contributed by atoms with Gasteiger partial charge in [-0.1, -0.05) is 23.7 Å². The van der Waals surface area contributed by atoms with Gasteiger partial charge in [0, 0.05) is 17.0 Å². The summed E-state index contributed by atoms with van der Waals surface area (Å²) < 4.78 is 41.6. The lowest BCUT2D eigenvalue weighted by Crippen LogP contribution is -2.57. The molecule has 2 N–H and O–H groups in total. The molecule has 0 aliphatic carbocycles. The Bertz CT molecular complexity index is 977. The number of hydrogen-bond acceptors (Lipinski definition) is 4. The maximum atomic E-state index is 13.3. The highest BCUT2D eigenvalue weighted by Gasteiger charge is 2.38. The summed E-state index contributed by atoms with van der Waals surface area (Å²) in [5.74, 6) is -0.607. The summed E-state index contributed by atoms with van der Waals surface area (Å²) in [5, 5.41) is 13.1. The fourth-order valence-corrected chi connectivity index (χ4v) is 3.44. The zero-order chi connectivity index (χ0) is 25.7. The van der Waals surface area contributed by atoms with E-state index >= 15 is 0 Å². The zero-order valence-electron chi connectivity index (χ0n) is 19.2. The summed E-state index contributed by atoms with van der Waals surface area (Å²) in [6.07, 6.45) is -4.48. The van der Waals surface area contributed by atoms with E-state index in [0.717, 1.165) is 16.7 Å². The lowest BCUT2D eigenvalue weighted by atomic mass is 9.97. The molecular weight excluding hydrogens is 475 g/mol. The molecule has 2 rings (SSSR count). The van der Waals surface area contributed by atoms with Crippen molar-refractivity contribution in [2.75, 3.05) is 6.61 Å². The molecular formula is C23H27ClF3N3O4. The molecule has 0 saturated carbocycles. The summed E-state index contributed by atoms with van der Waals surface area (Å²) in [4.78, 5) is 30.5. The van der Waals surface area contributed by atoms with Crippen LogP contribution in [0.1, 0.15) is 45.0 Å². The summed E-state index contributed by atoms with van der Waals surface area (Å²) in [7, 11) is 0. The van der Waals surface area contributed by atoms with E-state index in [-0.39, 0.29) is 12.2 Å². The van der Waals surface area contributed by atoms with Crippen molar-refractivity contribution in [3.63, 3.8) is 0 Å². The minimum absolute atomic E-state index is 0.0648. The maximum Gasteiger partial charge on any atom is 0.422 e. The van der Waals surface area contributed by atoms with Crippen LogP contribution in [0, 0.1) is 0 Å². The minimum Gasteiger partial charge on any atom is -0.483 e. The van der Waals surface area contributed by atoms with Gasteiger partial charge in [-0.25, -0.2) is 4.79 Å². The van der Waals surface area contributed by atoms with E-state index in [0.29, 0.717) is 10.7 Å². The van der Waals surface area contributed by atoms with Crippen molar-refractivity contribution in [1.82, 2.24) is 15.2 Å². The number of alkyl halides is 3. The fourth-order valence-electron chi connectivity index (χ4n) is 3.31. The number of pyridine rings is 1. The van der Waals surface area contributed by atoms with Gasteiger partial charge in [0.25, 0.3) is 0 Å². The van der Waals surface area contributed by atoms with E-state index in [1.807, 2.05) is 0 Å². The SMILES string of the molecule is C[C@@H](NC(=O)[C@@H](Cc1ccc(Cl)cc1)N(C(=O)O)C(C)(C)C)c1ccc(OCC(F)(F)F)cn1. The molecule has 2 aromatic rings. The molecule has 0 unspecified atom stereocenters. The van der Waals surface area contributed by atoms with Crippen LogP contribution >= 0.6 is 11.6 Å². The predicted octanol–water partition coefficient (Wildman–Crippen LogP) is 5.24. The van der Waals surface area contributed by atoms with E-state index in [4.69, 9.17) is 11.6 Å². The molecule has 0 aliphatic heterocycles. The van der Waals surface area contributed by atoms with Crippen LogP contribution in [0.5, 0.6) is 5.75 Å². The van der Waals surface area contributed by atoms with E-state index < -0.39 is 42.4 Å². The molecule has 1 heterocycles. The first-order valence-electron chi connectivity index (χ1n) is 10.4. The lowest BCUT2D eigenvalue weighted by molar-refractivity contribution is -0.153. The van der Waals surface area contributed by atoms with Gasteiger partial charge in [-0.15, -0.1) is 0 Å². The normalized spacial score (nSPS) is 13.6. The number of nitrogens with zero attached hydrogens (tertiary/aromatic N) is 2. The standard InChI is InChI=1S/C23H27ClF3N3O4/c1-14(18-10-9-17(12-28-18)34-13-23(25,26)27)29-20(31)19(30(21(32)33)22(2,3)4)11-15-5-7-16(24)8-6-15/h5-10,12,14,19H,11,13H2,1-4H3,(H,29,31)(H,32,33)/t14-,19-/m1/s1. The minimum atomic E-state index is -4.47. The number of aromatic nitrogens is 1. The summed E-state index contributed by atoms with van der Waals surface area (Å²) in [5.41, 5.74) is 0.215. The van der Waals surface area contributed by atoms with Crippen LogP contribution in [-0.2, 0) is 11.2 Å². The average Bonchev–Trinajstić information content (AvgIpc) is 2.71. The number of ether oxygens (including phenoxy) is 1. The second-order valence-electron chi connectivity index (χ2n) is 8.72. The van der Waals surface area contributed by atoms with Gasteiger partial charge in [-0.3, -0.25) is 14.7 Å². The summed E-state index contributed by atoms with van der Waals surface area (Å²) >= 11 is 5.93. The molecule has 0 radical (unpaired) electrons. The van der Waals surface area contributed by atoms with Crippen molar-refractivity contribution < 1.29 is 32.6 Å². The van der Waals surface area contributed by atoms with E-state index in [1.165, 1.54) is 12.1 Å². The van der Waals surface area contributed by atoms with Gasteiger partial charge in [0.2, 0.25) is 5.91 Å². The van der Waals surface area contributed by atoms with Crippen LogP contribution in [0.4, 0.5) is 18.0 Å². The Morgan fingerprint density at radius 3 is 2.24 bits per heavy atom. The van der Waals surface area contributed by atoms with Crippen LogP contribution < -0.4 is 10.1 Å². The quantitative estimate of drug-likeness (QED) is 0.516. The van der Waals surface area contributed by atoms with Gasteiger partial charge in [0.05, 0.1) is 17.9 Å². The number of carbonyl (C=O) groups excluding carboxylic acids is 1. The van der Waals surface area contributed by atoms with Gasteiger partial charge in [-0.05, 0) is 57.5 Å². The number of rotatable bonds is 8. The number of hydrogen-bond donors (Lipinski definition) is 2. The Labute approximate surface area is 200 Å². The van der Waals surface area contributed by atoms with Crippen molar-refractivity contribution >= 4 is 23.6 Å². The first-order valence-corrected chi connectivity index (χ1v) is 10.8. The third-order valence-electron chi connectivity index (χ3n) is 4.85. The Morgan fingerprint density at radius 2 is 1.76 bits per heavy atom. The predicted molar refractivity (Wildman–Crippen MR) is 121 cm³/mol. The number of amides is 2. The first-order chi connectivity index (χ1) is 15.7. The highest BCUT2D eigenvalue weighted by molar-refractivity contribution is 6.30. The monoisotopic (exact) mass is 501 g/mol. The van der Waals surface area contributed by atoms with Crippen molar-refractivity contribution in [1.29, 1.82) is 0 Å². The van der Waals surface area contributed by atoms with Crippen LogP contribution in [0.3, 0.4) is 0 Å². The molecule has 2 amide bonds. The molecule has 1 aromatic carbocycles. The largest absolute Gasteiger partial charge is 0.483 e. The topological polar surface area (TPSA) is 91.8 Å².